The van der Waals surface area contributed by atoms with E-state index in [-0.39, 0.29) is 35.5 Å². The second-order valence-electron chi connectivity index (χ2n) is 10.4. The van der Waals surface area contributed by atoms with Crippen molar-refractivity contribution in [1.82, 2.24) is 20.4 Å². The second kappa shape index (κ2) is 13.0. The Balaban J connectivity index is 1.50. The summed E-state index contributed by atoms with van der Waals surface area (Å²) in [6, 6.07) is 3.52. The molecule has 3 aliphatic rings. The molecule has 3 heterocycles. The van der Waals surface area contributed by atoms with Crippen LogP contribution in [0, 0.1) is 11.7 Å². The van der Waals surface area contributed by atoms with Crippen molar-refractivity contribution in [2.45, 2.75) is 70.1 Å². The van der Waals surface area contributed by atoms with Gasteiger partial charge in [0, 0.05) is 37.4 Å². The summed E-state index contributed by atoms with van der Waals surface area (Å²) in [6.45, 7) is 5.28. The summed E-state index contributed by atoms with van der Waals surface area (Å²) in [5, 5.41) is 6.70. The molecule has 2 saturated heterocycles. The van der Waals surface area contributed by atoms with Crippen LogP contribution in [0.25, 0.3) is 0 Å². The smallest absolute Gasteiger partial charge is 0.246 e. The molecule has 212 valence electrons. The third-order valence-corrected chi connectivity index (χ3v) is 9.14. The molecule has 4 atom stereocenters. The Hall–Kier alpha value is -2.79. The molecule has 0 radical (unpaired) electrons. The number of Topliss-reactive ketones (excluding diaryl/α,β-unsaturated/α-hetero) is 1. The van der Waals surface area contributed by atoms with Gasteiger partial charge in [-0.1, -0.05) is 6.92 Å². The van der Waals surface area contributed by atoms with Crippen LogP contribution in [0.15, 0.2) is 29.3 Å². The molecule has 1 aromatic rings. The van der Waals surface area contributed by atoms with E-state index in [0.29, 0.717) is 50.2 Å². The zero-order valence-corrected chi connectivity index (χ0v) is 23.6. The van der Waals surface area contributed by atoms with Crippen molar-refractivity contribution in [2.24, 2.45) is 10.9 Å². The predicted octanol–water partition coefficient (Wildman–Crippen LogP) is 2.25. The van der Waals surface area contributed by atoms with Crippen LogP contribution in [0.2, 0.25) is 0 Å². The number of halogens is 1. The molecule has 2 N–H and O–H groups in total. The Morgan fingerprint density at radius 2 is 1.79 bits per heavy atom. The third kappa shape index (κ3) is 6.69. The van der Waals surface area contributed by atoms with Crippen LogP contribution >= 0.6 is 11.8 Å². The molecule has 0 aromatic heterocycles. The molecule has 1 aromatic carbocycles. The molecule has 4 rings (SSSR count). The minimum atomic E-state index is -0.698. The van der Waals surface area contributed by atoms with Gasteiger partial charge in [-0.2, -0.15) is 0 Å². The van der Waals surface area contributed by atoms with Crippen LogP contribution in [-0.2, 0) is 14.4 Å². The van der Waals surface area contributed by atoms with E-state index >= 15 is 0 Å². The van der Waals surface area contributed by atoms with Crippen LogP contribution in [0.5, 0.6) is 0 Å². The maximum absolute atomic E-state index is 14.0. The number of amides is 3. The SMILES string of the molecule is CCC(=O)N1CCC([C@H](NC(=O)[C@H](C)NC)C(=O)N2CCCC2C2=NC(C(=O)c3ccc(F)cc3)CS2)CC1. The van der Waals surface area contributed by atoms with E-state index in [0.717, 1.165) is 17.9 Å². The van der Waals surface area contributed by atoms with Gasteiger partial charge in [-0.15, -0.1) is 11.8 Å². The molecule has 2 unspecified atom stereocenters. The minimum absolute atomic E-state index is 0.0846. The lowest BCUT2D eigenvalue weighted by Gasteiger charge is -2.38. The molecule has 3 amide bonds. The molecule has 0 bridgehead atoms. The van der Waals surface area contributed by atoms with Gasteiger partial charge in [0.1, 0.15) is 17.9 Å². The third-order valence-electron chi connectivity index (χ3n) is 7.98. The highest BCUT2D eigenvalue weighted by Crippen LogP contribution is 2.32. The zero-order chi connectivity index (χ0) is 28.1. The predicted molar refractivity (Wildman–Crippen MR) is 149 cm³/mol. The number of carbonyl (C=O) groups excluding carboxylic acids is 4. The van der Waals surface area contributed by atoms with Crippen LogP contribution in [0.1, 0.15) is 56.3 Å². The second-order valence-corrected chi connectivity index (χ2v) is 11.5. The molecule has 11 heteroatoms. The number of likely N-dealkylation sites (tertiary alicyclic amines) is 2. The van der Waals surface area contributed by atoms with Gasteiger partial charge in [0.05, 0.1) is 17.1 Å². The number of hydrogen-bond donors (Lipinski definition) is 2. The summed E-state index contributed by atoms with van der Waals surface area (Å²) in [4.78, 5) is 60.4. The van der Waals surface area contributed by atoms with Gasteiger partial charge in [-0.25, -0.2) is 4.39 Å². The molecule has 9 nitrogen and oxygen atoms in total. The van der Waals surface area contributed by atoms with Gasteiger partial charge in [-0.05, 0) is 69.8 Å². The fourth-order valence-corrected chi connectivity index (χ4v) is 6.67. The molecular formula is C28H38FN5O4S. The van der Waals surface area contributed by atoms with E-state index in [4.69, 9.17) is 4.99 Å². The van der Waals surface area contributed by atoms with Crippen molar-refractivity contribution >= 4 is 40.3 Å². The number of carbonyl (C=O) groups is 4. The standard InChI is InChI=1S/C28H38FN5O4S/c1-4-23(35)33-14-11-18(12-15-33)24(32-26(37)17(2)30-3)28(38)34-13-5-6-22(34)27-31-21(16-39-27)25(36)19-7-9-20(29)10-8-19/h7-10,17-18,21-22,24,30H,4-6,11-16H2,1-3H3,(H,32,37)/t17-,21?,22?,24-/m0/s1. The number of nitrogens with zero attached hydrogens (tertiary/aromatic N) is 3. The highest BCUT2D eigenvalue weighted by molar-refractivity contribution is 8.14. The van der Waals surface area contributed by atoms with Crippen molar-refractivity contribution < 1.29 is 23.6 Å². The lowest BCUT2D eigenvalue weighted by Crippen LogP contribution is -2.58. The van der Waals surface area contributed by atoms with Gasteiger partial charge in [0.2, 0.25) is 17.7 Å². The summed E-state index contributed by atoms with van der Waals surface area (Å²) >= 11 is 1.49. The highest BCUT2D eigenvalue weighted by Gasteiger charge is 2.42. The number of ketones is 1. The zero-order valence-electron chi connectivity index (χ0n) is 22.8. The Kier molecular flexibility index (Phi) is 9.76. The summed E-state index contributed by atoms with van der Waals surface area (Å²) in [6.07, 6.45) is 3.27. The molecule has 0 saturated carbocycles. The highest BCUT2D eigenvalue weighted by atomic mass is 32.2. The number of aliphatic imine (C=N–C) groups is 1. The fraction of sp³-hybridized carbons (Fsp3) is 0.607. The topological polar surface area (TPSA) is 111 Å². The molecule has 0 spiro atoms. The van der Waals surface area contributed by atoms with Gasteiger partial charge in [0.15, 0.2) is 5.78 Å². The molecule has 0 aliphatic carbocycles. The van der Waals surface area contributed by atoms with E-state index in [1.165, 1.54) is 36.0 Å². The minimum Gasteiger partial charge on any atom is -0.343 e. The van der Waals surface area contributed by atoms with E-state index < -0.39 is 23.9 Å². The lowest BCUT2D eigenvalue weighted by atomic mass is 9.88. The first-order valence-electron chi connectivity index (χ1n) is 13.8. The first-order valence-corrected chi connectivity index (χ1v) is 14.8. The van der Waals surface area contributed by atoms with Crippen molar-refractivity contribution in [3.8, 4) is 0 Å². The number of rotatable bonds is 9. The summed E-state index contributed by atoms with van der Waals surface area (Å²) in [5.41, 5.74) is 0.417. The van der Waals surface area contributed by atoms with Gasteiger partial charge in [0.25, 0.3) is 0 Å². The van der Waals surface area contributed by atoms with Crippen LogP contribution in [0.4, 0.5) is 4.39 Å². The summed E-state index contributed by atoms with van der Waals surface area (Å²) in [7, 11) is 1.70. The van der Waals surface area contributed by atoms with E-state index in [9.17, 15) is 23.6 Å². The first-order chi connectivity index (χ1) is 18.7. The quantitative estimate of drug-likeness (QED) is 0.449. The van der Waals surface area contributed by atoms with Crippen LogP contribution < -0.4 is 10.6 Å². The average Bonchev–Trinajstić information content (AvgIpc) is 3.65. The van der Waals surface area contributed by atoms with Crippen molar-refractivity contribution in [1.29, 1.82) is 0 Å². The molecule has 3 aliphatic heterocycles. The normalized spacial score (nSPS) is 23.3. The number of benzene rings is 1. The van der Waals surface area contributed by atoms with Crippen molar-refractivity contribution in [3.05, 3.63) is 35.6 Å². The number of hydrogen-bond acceptors (Lipinski definition) is 7. The maximum Gasteiger partial charge on any atom is 0.246 e. The first kappa shape index (κ1) is 29.2. The van der Waals surface area contributed by atoms with Gasteiger partial charge < -0.3 is 20.4 Å². The molecule has 2 fully saturated rings. The fourth-order valence-electron chi connectivity index (χ4n) is 5.48. The Morgan fingerprint density at radius 1 is 1.10 bits per heavy atom. The monoisotopic (exact) mass is 559 g/mol. The van der Waals surface area contributed by atoms with E-state index in [1.807, 2.05) is 16.7 Å². The van der Waals surface area contributed by atoms with Crippen LogP contribution in [0.3, 0.4) is 0 Å². The summed E-state index contributed by atoms with van der Waals surface area (Å²) < 4.78 is 13.3. The number of nitrogens with one attached hydrogen (secondary N) is 2. The van der Waals surface area contributed by atoms with Gasteiger partial charge >= 0.3 is 0 Å². The Bertz CT molecular complexity index is 1110. The molecular weight excluding hydrogens is 521 g/mol. The maximum atomic E-state index is 14.0. The Morgan fingerprint density at radius 3 is 2.44 bits per heavy atom. The lowest BCUT2D eigenvalue weighted by molar-refractivity contribution is -0.139. The largest absolute Gasteiger partial charge is 0.343 e. The van der Waals surface area contributed by atoms with Crippen molar-refractivity contribution in [2.75, 3.05) is 32.4 Å². The summed E-state index contributed by atoms with van der Waals surface area (Å²) in [5.74, 6) is -0.433. The number of piperidine rings is 1. The van der Waals surface area contributed by atoms with Crippen molar-refractivity contribution in [3.63, 3.8) is 0 Å². The van der Waals surface area contributed by atoms with Gasteiger partial charge in [-0.3, -0.25) is 24.2 Å². The van der Waals surface area contributed by atoms with E-state index in [2.05, 4.69) is 10.6 Å². The van der Waals surface area contributed by atoms with E-state index in [1.54, 1.807) is 14.0 Å². The number of likely N-dealkylation sites (N-methyl/N-ethyl adjacent to an activating group) is 1. The molecule has 39 heavy (non-hydrogen) atoms. The Labute approximate surface area is 233 Å². The van der Waals surface area contributed by atoms with Crippen LogP contribution in [-0.4, -0.2) is 95.0 Å². The number of thioether (sulfide) groups is 1. The average molecular weight is 560 g/mol.